The number of ether oxygens (including phenoxy) is 2. The molecule has 0 amide bonds. The lowest BCUT2D eigenvalue weighted by molar-refractivity contribution is -0.0948. The first-order valence-electron chi connectivity index (χ1n) is 10.2. The second-order valence-corrected chi connectivity index (χ2v) is 8.43. The molecule has 1 aromatic carbocycles. The van der Waals surface area contributed by atoms with Gasteiger partial charge in [0.1, 0.15) is 0 Å². The highest BCUT2D eigenvalue weighted by atomic mass is 32.2. The molecule has 4 aromatic rings. The number of aromatic nitrogens is 5. The van der Waals surface area contributed by atoms with Crippen molar-refractivity contribution in [3.05, 3.63) is 60.7 Å². The number of benzene rings is 1. The highest BCUT2D eigenvalue weighted by molar-refractivity contribution is 8.00. The first-order valence-corrected chi connectivity index (χ1v) is 11.0. The Balaban J connectivity index is 1.35. The molecule has 8 nitrogen and oxygen atoms in total. The Labute approximate surface area is 184 Å². The molecule has 0 spiro atoms. The van der Waals surface area contributed by atoms with Crippen molar-refractivity contribution in [3.8, 4) is 5.82 Å². The van der Waals surface area contributed by atoms with Crippen LogP contribution in [-0.2, 0) is 22.1 Å². The van der Waals surface area contributed by atoms with Gasteiger partial charge in [-0.2, -0.15) is 10.2 Å². The minimum atomic E-state index is -0.329. The fourth-order valence-electron chi connectivity index (χ4n) is 4.05. The van der Waals surface area contributed by atoms with Crippen LogP contribution in [-0.4, -0.2) is 44.9 Å². The molecule has 0 unspecified atom stereocenters. The summed E-state index contributed by atoms with van der Waals surface area (Å²) < 4.78 is 18.5. The van der Waals surface area contributed by atoms with Gasteiger partial charge in [-0.05, 0) is 35.7 Å². The van der Waals surface area contributed by atoms with E-state index in [0.29, 0.717) is 13.2 Å². The molecule has 1 fully saturated rings. The normalized spacial score (nSPS) is 15.9. The SMILES string of the molecule is COC1(c2ccnc(-n3cc(SNc4cccc5cnn(C)c45)cn3)c2)CCOCC1. The first kappa shape index (κ1) is 20.0. The van der Waals surface area contributed by atoms with E-state index in [1.807, 2.05) is 54.7 Å². The van der Waals surface area contributed by atoms with Crippen LogP contribution in [0.3, 0.4) is 0 Å². The van der Waals surface area contributed by atoms with E-state index in [9.17, 15) is 0 Å². The van der Waals surface area contributed by atoms with Crippen molar-refractivity contribution in [1.29, 1.82) is 0 Å². The van der Waals surface area contributed by atoms with Crippen LogP contribution < -0.4 is 4.72 Å². The Morgan fingerprint density at radius 1 is 1.16 bits per heavy atom. The molecule has 0 atom stereocenters. The summed E-state index contributed by atoms with van der Waals surface area (Å²) in [5.41, 5.74) is 2.85. The van der Waals surface area contributed by atoms with Gasteiger partial charge in [-0.3, -0.25) is 4.68 Å². The number of hydrogen-bond donors (Lipinski definition) is 1. The molecule has 0 radical (unpaired) electrons. The molecule has 160 valence electrons. The van der Waals surface area contributed by atoms with Crippen molar-refractivity contribution in [1.82, 2.24) is 24.5 Å². The van der Waals surface area contributed by atoms with E-state index >= 15 is 0 Å². The van der Waals surface area contributed by atoms with Crippen LogP contribution in [0.4, 0.5) is 5.69 Å². The summed E-state index contributed by atoms with van der Waals surface area (Å²) in [5.74, 6) is 0.765. The number of aryl methyl sites for hydroxylation is 1. The Morgan fingerprint density at radius 2 is 2.03 bits per heavy atom. The number of nitrogens with one attached hydrogen (secondary N) is 1. The second-order valence-electron chi connectivity index (χ2n) is 7.55. The molecule has 1 N–H and O–H groups in total. The largest absolute Gasteiger partial charge is 0.381 e. The zero-order valence-corrected chi connectivity index (χ0v) is 18.3. The van der Waals surface area contributed by atoms with Crippen molar-refractivity contribution >= 4 is 28.5 Å². The lowest BCUT2D eigenvalue weighted by Gasteiger charge is -2.36. The molecule has 0 bridgehead atoms. The molecule has 1 saturated heterocycles. The van der Waals surface area contributed by atoms with Gasteiger partial charge >= 0.3 is 0 Å². The lowest BCUT2D eigenvalue weighted by atomic mass is 9.86. The summed E-state index contributed by atoms with van der Waals surface area (Å²) in [4.78, 5) is 5.50. The molecular formula is C22H24N6O2S. The Hall–Kier alpha value is -2.88. The molecule has 3 aromatic heterocycles. The summed E-state index contributed by atoms with van der Waals surface area (Å²) >= 11 is 1.51. The first-order chi connectivity index (χ1) is 15.2. The van der Waals surface area contributed by atoms with Gasteiger partial charge < -0.3 is 14.2 Å². The van der Waals surface area contributed by atoms with E-state index < -0.39 is 0 Å². The van der Waals surface area contributed by atoms with Crippen LogP contribution in [0.15, 0.2) is 60.0 Å². The summed E-state index contributed by atoms with van der Waals surface area (Å²) in [6.07, 6.45) is 9.14. The van der Waals surface area contributed by atoms with Gasteiger partial charge in [0.2, 0.25) is 0 Å². The van der Waals surface area contributed by atoms with Gasteiger partial charge in [-0.15, -0.1) is 0 Å². The molecule has 31 heavy (non-hydrogen) atoms. The topological polar surface area (TPSA) is 79.0 Å². The monoisotopic (exact) mass is 436 g/mol. The van der Waals surface area contributed by atoms with Crippen molar-refractivity contribution < 1.29 is 9.47 Å². The molecule has 4 heterocycles. The quantitative estimate of drug-likeness (QED) is 0.459. The van der Waals surface area contributed by atoms with Crippen LogP contribution in [0.5, 0.6) is 0 Å². The Morgan fingerprint density at radius 3 is 2.87 bits per heavy atom. The van der Waals surface area contributed by atoms with Gasteiger partial charge in [0.05, 0.1) is 34.1 Å². The van der Waals surface area contributed by atoms with E-state index in [1.54, 1.807) is 11.8 Å². The highest BCUT2D eigenvalue weighted by Gasteiger charge is 2.34. The van der Waals surface area contributed by atoms with Gasteiger partial charge in [-0.25, -0.2) is 9.67 Å². The maximum Gasteiger partial charge on any atom is 0.153 e. The van der Waals surface area contributed by atoms with Crippen LogP contribution in [0, 0.1) is 0 Å². The fourth-order valence-corrected chi connectivity index (χ4v) is 4.70. The summed E-state index contributed by atoms with van der Waals surface area (Å²) in [6, 6.07) is 10.2. The third-order valence-corrected chi connectivity index (χ3v) is 6.56. The average Bonchev–Trinajstić information content (AvgIpc) is 3.46. The number of para-hydroxylation sites is 1. The van der Waals surface area contributed by atoms with Crippen molar-refractivity contribution in [3.63, 3.8) is 0 Å². The van der Waals surface area contributed by atoms with E-state index in [4.69, 9.17) is 9.47 Å². The molecule has 5 rings (SSSR count). The fraction of sp³-hybridized carbons (Fsp3) is 0.318. The minimum Gasteiger partial charge on any atom is -0.381 e. The maximum atomic E-state index is 5.93. The third-order valence-electron chi connectivity index (χ3n) is 5.80. The summed E-state index contributed by atoms with van der Waals surface area (Å²) in [6.45, 7) is 1.40. The number of anilines is 1. The highest BCUT2D eigenvalue weighted by Crippen LogP contribution is 2.36. The maximum absolute atomic E-state index is 5.93. The Kier molecular flexibility index (Phi) is 5.39. The predicted octanol–water partition coefficient (Wildman–Crippen LogP) is 3.93. The summed E-state index contributed by atoms with van der Waals surface area (Å²) in [5, 5.41) is 9.95. The van der Waals surface area contributed by atoms with Gasteiger partial charge in [0.25, 0.3) is 0 Å². The van der Waals surface area contributed by atoms with E-state index in [0.717, 1.165) is 45.7 Å². The molecule has 0 aliphatic carbocycles. The molecule has 9 heteroatoms. The van der Waals surface area contributed by atoms with Crippen LogP contribution in [0.25, 0.3) is 16.7 Å². The minimum absolute atomic E-state index is 0.329. The number of fused-ring (bicyclic) bond motifs is 1. The number of pyridine rings is 1. The predicted molar refractivity (Wildman–Crippen MR) is 120 cm³/mol. The van der Waals surface area contributed by atoms with Crippen molar-refractivity contribution in [2.75, 3.05) is 25.0 Å². The average molecular weight is 437 g/mol. The molecule has 1 aliphatic heterocycles. The standard InChI is InChI=1S/C22H24N6O2S/c1-27-21-16(13-24-27)4-3-5-19(21)26-31-18-14-25-28(15-18)20-12-17(6-9-23-20)22(29-2)7-10-30-11-8-22/h3-6,9,12-15,26H,7-8,10-11H2,1-2H3. The van der Waals surface area contributed by atoms with E-state index in [2.05, 4.69) is 32.0 Å². The molecule has 0 saturated carbocycles. The zero-order chi connectivity index (χ0) is 21.3. The van der Waals surface area contributed by atoms with Crippen LogP contribution in [0.1, 0.15) is 18.4 Å². The number of hydrogen-bond acceptors (Lipinski definition) is 7. The van der Waals surface area contributed by atoms with Crippen molar-refractivity contribution in [2.45, 2.75) is 23.3 Å². The zero-order valence-electron chi connectivity index (χ0n) is 17.5. The van der Waals surface area contributed by atoms with Gasteiger partial charge in [0, 0.05) is 58.0 Å². The van der Waals surface area contributed by atoms with Crippen molar-refractivity contribution in [2.24, 2.45) is 7.05 Å². The summed E-state index contributed by atoms with van der Waals surface area (Å²) in [7, 11) is 3.71. The second kappa shape index (κ2) is 8.33. The van der Waals surface area contributed by atoms with E-state index in [1.165, 1.54) is 11.9 Å². The van der Waals surface area contributed by atoms with Crippen LogP contribution >= 0.6 is 11.9 Å². The Bertz CT molecular complexity index is 1200. The number of rotatable bonds is 6. The van der Waals surface area contributed by atoms with E-state index in [-0.39, 0.29) is 5.60 Å². The lowest BCUT2D eigenvalue weighted by Crippen LogP contribution is -2.35. The molecule has 1 aliphatic rings. The molecular weight excluding hydrogens is 412 g/mol. The smallest absolute Gasteiger partial charge is 0.153 e. The number of nitrogens with zero attached hydrogens (tertiary/aromatic N) is 5. The van der Waals surface area contributed by atoms with Gasteiger partial charge in [0.15, 0.2) is 5.82 Å². The van der Waals surface area contributed by atoms with Gasteiger partial charge in [-0.1, -0.05) is 12.1 Å². The number of methoxy groups -OCH3 is 1. The van der Waals surface area contributed by atoms with Crippen LogP contribution in [0.2, 0.25) is 0 Å². The third kappa shape index (κ3) is 3.80.